The van der Waals surface area contributed by atoms with Crippen LogP contribution in [0.5, 0.6) is 0 Å². The molecule has 0 bridgehead atoms. The first-order valence-electron chi connectivity index (χ1n) is 7.60. The lowest BCUT2D eigenvalue weighted by molar-refractivity contribution is -0.134. The van der Waals surface area contributed by atoms with E-state index in [9.17, 15) is 9.59 Å². The number of para-hydroxylation sites is 2. The van der Waals surface area contributed by atoms with Crippen LogP contribution in [-0.2, 0) is 16.1 Å². The molecule has 0 aliphatic carbocycles. The largest absolute Gasteiger partial charge is 0.349 e. The van der Waals surface area contributed by atoms with Crippen molar-refractivity contribution in [3.05, 3.63) is 30.1 Å². The molecule has 0 unspecified atom stereocenters. The fraction of sp³-hybridized carbons (Fsp3) is 0.438. The van der Waals surface area contributed by atoms with Crippen LogP contribution in [0, 0.1) is 5.92 Å². The molecule has 2 N–H and O–H groups in total. The number of nitrogens with zero attached hydrogens (tertiary/aromatic N) is 2. The highest BCUT2D eigenvalue weighted by atomic mass is 16.2. The van der Waals surface area contributed by atoms with Crippen molar-refractivity contribution in [2.24, 2.45) is 5.92 Å². The highest BCUT2D eigenvalue weighted by Gasteiger charge is 2.25. The fourth-order valence-electron chi connectivity index (χ4n) is 2.86. The molecule has 1 fully saturated rings. The van der Waals surface area contributed by atoms with E-state index in [0.717, 1.165) is 29.7 Å². The number of hydrogen-bond donors (Lipinski definition) is 2. The Morgan fingerprint density at radius 2 is 2.05 bits per heavy atom. The van der Waals surface area contributed by atoms with Crippen LogP contribution < -0.4 is 5.32 Å². The zero-order valence-electron chi connectivity index (χ0n) is 12.6. The van der Waals surface area contributed by atoms with Gasteiger partial charge in [-0.25, -0.2) is 4.98 Å². The topological polar surface area (TPSA) is 78.1 Å². The van der Waals surface area contributed by atoms with Crippen LogP contribution in [0.25, 0.3) is 11.0 Å². The van der Waals surface area contributed by atoms with Crippen molar-refractivity contribution in [2.45, 2.75) is 26.3 Å². The van der Waals surface area contributed by atoms with Crippen LogP contribution in [0.4, 0.5) is 0 Å². The van der Waals surface area contributed by atoms with E-state index >= 15 is 0 Å². The fourth-order valence-corrected chi connectivity index (χ4v) is 2.86. The maximum absolute atomic E-state index is 12.2. The zero-order chi connectivity index (χ0) is 15.5. The van der Waals surface area contributed by atoms with E-state index < -0.39 is 0 Å². The summed E-state index contributed by atoms with van der Waals surface area (Å²) < 4.78 is 0. The number of hydrogen-bond acceptors (Lipinski definition) is 3. The smallest absolute Gasteiger partial charge is 0.223 e. The van der Waals surface area contributed by atoms with E-state index in [2.05, 4.69) is 15.3 Å². The number of benzene rings is 1. The molecule has 1 aromatic heterocycles. The molecular formula is C16H20N4O2. The van der Waals surface area contributed by atoms with Crippen LogP contribution in [0.1, 0.15) is 25.6 Å². The quantitative estimate of drug-likeness (QED) is 0.900. The first-order valence-corrected chi connectivity index (χ1v) is 7.60. The molecule has 1 aromatic carbocycles. The van der Waals surface area contributed by atoms with Crippen molar-refractivity contribution >= 4 is 22.8 Å². The minimum atomic E-state index is -0.0139. The second-order valence-corrected chi connectivity index (χ2v) is 5.70. The summed E-state index contributed by atoms with van der Waals surface area (Å²) in [4.78, 5) is 32.9. The molecule has 6 heteroatoms. The van der Waals surface area contributed by atoms with Crippen molar-refractivity contribution in [3.63, 3.8) is 0 Å². The summed E-state index contributed by atoms with van der Waals surface area (Å²) in [7, 11) is 0. The van der Waals surface area contributed by atoms with Gasteiger partial charge in [-0.1, -0.05) is 12.1 Å². The molecule has 0 atom stereocenters. The molecule has 1 saturated heterocycles. The number of carbonyl (C=O) groups excluding carboxylic acids is 2. The third-order valence-electron chi connectivity index (χ3n) is 4.18. The van der Waals surface area contributed by atoms with Gasteiger partial charge in [0.05, 0.1) is 17.6 Å². The standard InChI is InChI=1S/C16H20N4O2/c1-11(21)20-8-6-12(7-9-20)16(22)17-10-15-18-13-4-2-3-5-14(13)19-15/h2-5,12H,6-10H2,1H3,(H,17,22)(H,18,19). The van der Waals surface area contributed by atoms with Gasteiger partial charge in [0.2, 0.25) is 11.8 Å². The number of rotatable bonds is 3. The van der Waals surface area contributed by atoms with Crippen molar-refractivity contribution in [1.29, 1.82) is 0 Å². The average molecular weight is 300 g/mol. The Kier molecular flexibility index (Phi) is 4.09. The third-order valence-corrected chi connectivity index (χ3v) is 4.18. The van der Waals surface area contributed by atoms with Gasteiger partial charge in [-0.3, -0.25) is 9.59 Å². The van der Waals surface area contributed by atoms with Crippen LogP contribution >= 0.6 is 0 Å². The first kappa shape index (κ1) is 14.6. The Balaban J connectivity index is 1.53. The lowest BCUT2D eigenvalue weighted by Gasteiger charge is -2.30. The second kappa shape index (κ2) is 6.17. The Hall–Kier alpha value is -2.37. The maximum Gasteiger partial charge on any atom is 0.223 e. The van der Waals surface area contributed by atoms with Crippen LogP contribution in [0.2, 0.25) is 0 Å². The molecule has 2 amide bonds. The predicted octanol–water partition coefficient (Wildman–Crippen LogP) is 1.44. The SMILES string of the molecule is CC(=O)N1CCC(C(=O)NCc2nc3ccccc3[nH]2)CC1. The van der Waals surface area contributed by atoms with Gasteiger partial charge in [-0.15, -0.1) is 0 Å². The molecular weight excluding hydrogens is 280 g/mol. The molecule has 0 radical (unpaired) electrons. The van der Waals surface area contributed by atoms with Crippen molar-refractivity contribution in [1.82, 2.24) is 20.2 Å². The highest BCUT2D eigenvalue weighted by Crippen LogP contribution is 2.17. The number of amides is 2. The van der Waals surface area contributed by atoms with E-state index in [1.165, 1.54) is 0 Å². The number of H-pyrrole nitrogens is 1. The summed E-state index contributed by atoms with van der Waals surface area (Å²) in [6.45, 7) is 3.30. The van der Waals surface area contributed by atoms with Gasteiger partial charge < -0.3 is 15.2 Å². The molecule has 2 aromatic rings. The Morgan fingerprint density at radius 1 is 1.32 bits per heavy atom. The van der Waals surface area contributed by atoms with E-state index in [-0.39, 0.29) is 17.7 Å². The Labute approximate surface area is 128 Å². The highest BCUT2D eigenvalue weighted by molar-refractivity contribution is 5.80. The summed E-state index contributed by atoms with van der Waals surface area (Å²) in [5.41, 5.74) is 1.88. The van der Waals surface area contributed by atoms with Gasteiger partial charge in [0.25, 0.3) is 0 Å². The van der Waals surface area contributed by atoms with Gasteiger partial charge in [-0.2, -0.15) is 0 Å². The molecule has 0 spiro atoms. The van der Waals surface area contributed by atoms with E-state index in [0.29, 0.717) is 19.6 Å². The predicted molar refractivity (Wildman–Crippen MR) is 82.9 cm³/mol. The molecule has 116 valence electrons. The minimum Gasteiger partial charge on any atom is -0.349 e. The lowest BCUT2D eigenvalue weighted by atomic mass is 9.96. The number of piperidine rings is 1. The molecule has 0 saturated carbocycles. The monoisotopic (exact) mass is 300 g/mol. The van der Waals surface area contributed by atoms with Gasteiger partial charge in [0, 0.05) is 25.9 Å². The Bertz CT molecular complexity index is 653. The summed E-state index contributed by atoms with van der Waals surface area (Å²) in [6.07, 6.45) is 1.46. The van der Waals surface area contributed by atoms with E-state index in [1.54, 1.807) is 11.8 Å². The normalized spacial score (nSPS) is 16.0. The third kappa shape index (κ3) is 3.10. The Morgan fingerprint density at radius 3 is 2.73 bits per heavy atom. The van der Waals surface area contributed by atoms with Gasteiger partial charge in [0.1, 0.15) is 5.82 Å². The molecule has 1 aliphatic rings. The summed E-state index contributed by atoms with van der Waals surface area (Å²) in [5, 5.41) is 2.94. The first-order chi connectivity index (χ1) is 10.6. The number of fused-ring (bicyclic) bond motifs is 1. The molecule has 3 rings (SSSR count). The number of carbonyl (C=O) groups is 2. The van der Waals surface area contributed by atoms with Crippen LogP contribution in [-0.4, -0.2) is 39.8 Å². The van der Waals surface area contributed by atoms with Crippen LogP contribution in [0.15, 0.2) is 24.3 Å². The molecule has 2 heterocycles. The van der Waals surface area contributed by atoms with Gasteiger partial charge in [-0.05, 0) is 25.0 Å². The number of nitrogens with one attached hydrogen (secondary N) is 2. The minimum absolute atomic E-state index is 0.0139. The van der Waals surface area contributed by atoms with Crippen molar-refractivity contribution in [3.8, 4) is 0 Å². The van der Waals surface area contributed by atoms with Gasteiger partial charge in [0.15, 0.2) is 0 Å². The molecule has 22 heavy (non-hydrogen) atoms. The van der Waals surface area contributed by atoms with Crippen LogP contribution in [0.3, 0.4) is 0 Å². The number of likely N-dealkylation sites (tertiary alicyclic amines) is 1. The second-order valence-electron chi connectivity index (χ2n) is 5.70. The summed E-state index contributed by atoms with van der Waals surface area (Å²) in [5.74, 6) is 0.875. The molecule has 1 aliphatic heterocycles. The average Bonchev–Trinajstić information content (AvgIpc) is 2.95. The number of aromatic nitrogens is 2. The zero-order valence-corrected chi connectivity index (χ0v) is 12.6. The van der Waals surface area contributed by atoms with Crippen molar-refractivity contribution in [2.75, 3.05) is 13.1 Å². The van der Waals surface area contributed by atoms with E-state index in [4.69, 9.17) is 0 Å². The lowest BCUT2D eigenvalue weighted by Crippen LogP contribution is -2.42. The summed E-state index contributed by atoms with van der Waals surface area (Å²) >= 11 is 0. The number of aromatic amines is 1. The summed E-state index contributed by atoms with van der Waals surface area (Å²) in [6, 6.07) is 7.79. The van der Waals surface area contributed by atoms with Gasteiger partial charge >= 0.3 is 0 Å². The number of imidazole rings is 1. The van der Waals surface area contributed by atoms with E-state index in [1.807, 2.05) is 24.3 Å². The molecule has 6 nitrogen and oxygen atoms in total. The van der Waals surface area contributed by atoms with Crippen molar-refractivity contribution < 1.29 is 9.59 Å². The maximum atomic E-state index is 12.2.